The summed E-state index contributed by atoms with van der Waals surface area (Å²) < 4.78 is 0. The minimum Gasteiger partial charge on any atom is -0.368 e. The van der Waals surface area contributed by atoms with Gasteiger partial charge in [-0.3, -0.25) is 10.2 Å². The van der Waals surface area contributed by atoms with Crippen LogP contribution in [0.25, 0.3) is 22.1 Å². The summed E-state index contributed by atoms with van der Waals surface area (Å²) in [5.41, 5.74) is 9.79. The van der Waals surface area contributed by atoms with Crippen molar-refractivity contribution in [1.29, 1.82) is 0 Å². The summed E-state index contributed by atoms with van der Waals surface area (Å²) >= 11 is 0. The van der Waals surface area contributed by atoms with Gasteiger partial charge in [-0.1, -0.05) is 0 Å². The average Bonchev–Trinajstić information content (AvgIpc) is 3.22. The highest BCUT2D eigenvalue weighted by Gasteiger charge is 2.23. The smallest absolute Gasteiger partial charge is 0.224 e. The Kier molecular flexibility index (Phi) is 2.35. The Morgan fingerprint density at radius 1 is 1.00 bits per heavy atom. The van der Waals surface area contributed by atoms with E-state index in [2.05, 4.69) is 40.2 Å². The molecular weight excluding hydrogens is 294 g/mol. The van der Waals surface area contributed by atoms with Gasteiger partial charge in [-0.05, 0) is 17.5 Å². The Morgan fingerprint density at radius 3 is 2.74 bits per heavy atom. The number of rotatable bonds is 1. The van der Waals surface area contributed by atoms with Crippen LogP contribution in [0.4, 0.5) is 11.8 Å². The molecule has 1 aliphatic heterocycles. The van der Waals surface area contributed by atoms with E-state index >= 15 is 0 Å². The monoisotopic (exact) mass is 307 g/mol. The topological polar surface area (TPSA) is 125 Å². The molecule has 1 aliphatic rings. The van der Waals surface area contributed by atoms with Crippen molar-refractivity contribution in [2.75, 3.05) is 17.2 Å². The Balaban J connectivity index is 1.62. The fraction of sp³-hybridized carbons (Fsp3) is 0.214. The summed E-state index contributed by atoms with van der Waals surface area (Å²) in [5.74, 6) is 1.05. The first kappa shape index (κ1) is 12.3. The molecule has 4 aromatic heterocycles. The summed E-state index contributed by atoms with van der Waals surface area (Å²) in [5, 5.41) is 15.9. The number of hydrogen-bond donors (Lipinski definition) is 3. The fourth-order valence-corrected chi connectivity index (χ4v) is 3.21. The third kappa shape index (κ3) is 1.76. The number of aromatic amines is 2. The Bertz CT molecular complexity index is 1030. The molecule has 5 heterocycles. The fourth-order valence-electron chi connectivity index (χ4n) is 3.21. The van der Waals surface area contributed by atoms with E-state index in [0.717, 1.165) is 41.7 Å². The zero-order valence-corrected chi connectivity index (χ0v) is 12.1. The van der Waals surface area contributed by atoms with Gasteiger partial charge in [0.1, 0.15) is 5.82 Å². The average molecular weight is 307 g/mol. The van der Waals surface area contributed by atoms with Gasteiger partial charge in [0.05, 0.1) is 17.8 Å². The van der Waals surface area contributed by atoms with E-state index in [1.807, 2.05) is 12.4 Å². The van der Waals surface area contributed by atoms with Gasteiger partial charge >= 0.3 is 0 Å². The molecule has 0 aromatic carbocycles. The van der Waals surface area contributed by atoms with E-state index in [9.17, 15) is 0 Å². The zero-order chi connectivity index (χ0) is 15.4. The Morgan fingerprint density at radius 2 is 1.83 bits per heavy atom. The molecular formula is C14H13N9. The van der Waals surface area contributed by atoms with Crippen LogP contribution in [0.3, 0.4) is 0 Å². The molecule has 0 atom stereocenters. The molecule has 0 radical (unpaired) electrons. The standard InChI is InChI=1S/C14H13N9/c15-14-19-12-10(5-18-22-12)13(20-14)23-2-1-8-7(6-23)3-16-11-9(8)4-17-21-11/h3-5H,1-2,6H2,(H,16,17,21)(H3,15,18,19,20,22). The van der Waals surface area contributed by atoms with E-state index in [-0.39, 0.29) is 5.95 Å². The van der Waals surface area contributed by atoms with Crippen LogP contribution >= 0.6 is 0 Å². The van der Waals surface area contributed by atoms with Crippen molar-refractivity contribution in [3.05, 3.63) is 29.7 Å². The number of nitrogens with two attached hydrogens (primary N) is 1. The lowest BCUT2D eigenvalue weighted by atomic mass is 9.99. The summed E-state index contributed by atoms with van der Waals surface area (Å²) in [6.45, 7) is 1.56. The maximum atomic E-state index is 5.82. The molecule has 0 spiro atoms. The quantitative estimate of drug-likeness (QED) is 0.474. The predicted molar refractivity (Wildman–Crippen MR) is 84.7 cm³/mol. The van der Waals surface area contributed by atoms with E-state index < -0.39 is 0 Å². The van der Waals surface area contributed by atoms with Crippen molar-refractivity contribution in [1.82, 2.24) is 35.3 Å². The second-order valence-corrected chi connectivity index (χ2v) is 5.60. The van der Waals surface area contributed by atoms with Crippen molar-refractivity contribution in [2.24, 2.45) is 0 Å². The van der Waals surface area contributed by atoms with Crippen molar-refractivity contribution in [3.63, 3.8) is 0 Å². The largest absolute Gasteiger partial charge is 0.368 e. The van der Waals surface area contributed by atoms with Crippen LogP contribution in [0.15, 0.2) is 18.6 Å². The highest BCUT2D eigenvalue weighted by atomic mass is 15.2. The SMILES string of the molecule is Nc1nc(N2CCc3c(cnc4[nH]ncc34)C2)c2cn[nH]c2n1. The summed E-state index contributed by atoms with van der Waals surface area (Å²) in [4.78, 5) is 15.2. The highest BCUT2D eigenvalue weighted by molar-refractivity contribution is 5.88. The van der Waals surface area contributed by atoms with Crippen molar-refractivity contribution < 1.29 is 0 Å². The molecule has 9 heteroatoms. The number of nitrogens with zero attached hydrogens (tertiary/aromatic N) is 6. The number of fused-ring (bicyclic) bond motifs is 4. The third-order valence-corrected chi connectivity index (χ3v) is 4.28. The highest BCUT2D eigenvalue weighted by Crippen LogP contribution is 2.30. The molecule has 5 rings (SSSR count). The number of pyridine rings is 1. The first-order valence-electron chi connectivity index (χ1n) is 7.31. The number of nitrogen functional groups attached to an aromatic ring is 1. The van der Waals surface area contributed by atoms with Crippen LogP contribution in [-0.4, -0.2) is 41.9 Å². The van der Waals surface area contributed by atoms with E-state index in [4.69, 9.17) is 5.73 Å². The van der Waals surface area contributed by atoms with Gasteiger partial charge < -0.3 is 10.6 Å². The van der Waals surface area contributed by atoms with Gasteiger partial charge in [-0.2, -0.15) is 20.2 Å². The number of H-pyrrole nitrogens is 2. The first-order chi connectivity index (χ1) is 11.3. The maximum Gasteiger partial charge on any atom is 0.224 e. The lowest BCUT2D eigenvalue weighted by Crippen LogP contribution is -2.31. The number of hydrogen-bond acceptors (Lipinski definition) is 7. The van der Waals surface area contributed by atoms with E-state index in [0.29, 0.717) is 5.65 Å². The molecule has 9 nitrogen and oxygen atoms in total. The minimum absolute atomic E-state index is 0.242. The summed E-state index contributed by atoms with van der Waals surface area (Å²) in [6, 6.07) is 0. The number of aromatic nitrogens is 7. The van der Waals surface area contributed by atoms with Gasteiger partial charge in [-0.25, -0.2) is 4.98 Å². The van der Waals surface area contributed by atoms with Crippen LogP contribution < -0.4 is 10.6 Å². The molecule has 0 saturated heterocycles. The molecule has 0 aliphatic carbocycles. The van der Waals surface area contributed by atoms with Crippen molar-refractivity contribution in [3.8, 4) is 0 Å². The van der Waals surface area contributed by atoms with E-state index in [1.165, 1.54) is 11.1 Å². The minimum atomic E-state index is 0.242. The molecule has 0 unspecified atom stereocenters. The molecule has 23 heavy (non-hydrogen) atoms. The van der Waals surface area contributed by atoms with Crippen LogP contribution in [-0.2, 0) is 13.0 Å². The Labute approximate surface area is 129 Å². The lowest BCUT2D eigenvalue weighted by Gasteiger charge is -2.30. The zero-order valence-electron chi connectivity index (χ0n) is 12.1. The molecule has 0 fully saturated rings. The third-order valence-electron chi connectivity index (χ3n) is 4.28. The maximum absolute atomic E-state index is 5.82. The van der Waals surface area contributed by atoms with Crippen LogP contribution in [0.1, 0.15) is 11.1 Å². The molecule has 0 saturated carbocycles. The van der Waals surface area contributed by atoms with Gasteiger partial charge in [0.2, 0.25) is 5.95 Å². The first-order valence-corrected chi connectivity index (χ1v) is 7.31. The second kappa shape index (κ2) is 4.38. The summed E-state index contributed by atoms with van der Waals surface area (Å²) in [6.07, 6.45) is 6.38. The van der Waals surface area contributed by atoms with Crippen LogP contribution in [0.5, 0.6) is 0 Å². The van der Waals surface area contributed by atoms with Gasteiger partial charge in [0.15, 0.2) is 11.3 Å². The Hall–Kier alpha value is -3.23. The predicted octanol–water partition coefficient (Wildman–Crippen LogP) is 0.769. The summed E-state index contributed by atoms with van der Waals surface area (Å²) in [7, 11) is 0. The van der Waals surface area contributed by atoms with Crippen LogP contribution in [0.2, 0.25) is 0 Å². The second-order valence-electron chi connectivity index (χ2n) is 5.60. The van der Waals surface area contributed by atoms with Crippen LogP contribution in [0, 0.1) is 0 Å². The number of nitrogens with one attached hydrogen (secondary N) is 2. The number of anilines is 2. The molecule has 0 amide bonds. The van der Waals surface area contributed by atoms with Gasteiger partial charge in [-0.15, -0.1) is 0 Å². The van der Waals surface area contributed by atoms with Gasteiger partial charge in [0, 0.05) is 24.7 Å². The molecule has 0 bridgehead atoms. The molecule has 114 valence electrons. The van der Waals surface area contributed by atoms with Crippen molar-refractivity contribution >= 4 is 33.8 Å². The lowest BCUT2D eigenvalue weighted by molar-refractivity contribution is 0.725. The van der Waals surface area contributed by atoms with Gasteiger partial charge in [0.25, 0.3) is 0 Å². The van der Waals surface area contributed by atoms with E-state index in [1.54, 1.807) is 6.20 Å². The molecule has 4 N–H and O–H groups in total. The van der Waals surface area contributed by atoms with Crippen molar-refractivity contribution in [2.45, 2.75) is 13.0 Å². The molecule has 4 aromatic rings. The normalized spacial score (nSPS) is 14.5.